The van der Waals surface area contributed by atoms with Gasteiger partial charge in [0.2, 0.25) is 0 Å². The minimum Gasteiger partial charge on any atom is -0.508 e. The van der Waals surface area contributed by atoms with E-state index in [1.54, 1.807) is 0 Å². The van der Waals surface area contributed by atoms with Crippen LogP contribution in [0.15, 0.2) is 24.3 Å². The Kier molecular flexibility index (Phi) is 11.2. The molecule has 0 aromatic heterocycles. The number of halogens is 1. The zero-order chi connectivity index (χ0) is 9.98. The molecule has 0 spiro atoms. The van der Waals surface area contributed by atoms with Crippen LogP contribution in [0, 0.1) is 5.82 Å². The standard InChI is InChI=1S/C6H5FO.2C2H6/c7-5-1-3-6(8)4-2-5;2*1-2/h1-4,8H;2*1-2H3. The minimum absolute atomic E-state index is 0.0893. The number of benzene rings is 1. The first-order chi connectivity index (χ1) is 5.79. The molecule has 0 saturated carbocycles. The summed E-state index contributed by atoms with van der Waals surface area (Å²) in [4.78, 5) is 0. The second-order valence-corrected chi connectivity index (χ2v) is 1.48. The lowest BCUT2D eigenvalue weighted by molar-refractivity contribution is 0.473. The van der Waals surface area contributed by atoms with Gasteiger partial charge >= 0.3 is 0 Å². The van der Waals surface area contributed by atoms with E-state index in [-0.39, 0.29) is 11.6 Å². The third-order valence-corrected chi connectivity index (χ3v) is 0.827. The van der Waals surface area contributed by atoms with Gasteiger partial charge in [-0.05, 0) is 24.3 Å². The molecule has 0 amide bonds. The first-order valence-corrected chi connectivity index (χ1v) is 4.23. The fraction of sp³-hybridized carbons (Fsp3) is 0.400. The molecular formula is C10H17FO. The molecule has 2 heteroatoms. The quantitative estimate of drug-likeness (QED) is 0.634. The molecular weight excluding hydrogens is 155 g/mol. The fourth-order valence-corrected chi connectivity index (χ4v) is 0.441. The highest BCUT2D eigenvalue weighted by molar-refractivity contribution is 5.19. The Morgan fingerprint density at radius 1 is 0.917 bits per heavy atom. The SMILES string of the molecule is CC.CC.Oc1ccc(F)cc1. The van der Waals surface area contributed by atoms with Gasteiger partial charge in [-0.1, -0.05) is 27.7 Å². The van der Waals surface area contributed by atoms with Crippen LogP contribution in [-0.4, -0.2) is 5.11 Å². The molecule has 0 unspecified atom stereocenters. The highest BCUT2D eigenvalue weighted by Crippen LogP contribution is 2.06. The van der Waals surface area contributed by atoms with Crippen molar-refractivity contribution < 1.29 is 9.50 Å². The van der Waals surface area contributed by atoms with Crippen molar-refractivity contribution in [1.82, 2.24) is 0 Å². The van der Waals surface area contributed by atoms with Crippen molar-refractivity contribution in [2.45, 2.75) is 27.7 Å². The molecule has 0 atom stereocenters. The van der Waals surface area contributed by atoms with Crippen LogP contribution >= 0.6 is 0 Å². The summed E-state index contributed by atoms with van der Waals surface area (Å²) >= 11 is 0. The van der Waals surface area contributed by atoms with Crippen molar-refractivity contribution in [3.8, 4) is 5.75 Å². The lowest BCUT2D eigenvalue weighted by atomic mass is 10.3. The topological polar surface area (TPSA) is 20.2 Å². The average Bonchev–Trinajstić information content (AvgIpc) is 2.17. The molecule has 0 bridgehead atoms. The summed E-state index contributed by atoms with van der Waals surface area (Å²) in [6.07, 6.45) is 0. The van der Waals surface area contributed by atoms with E-state index in [1.807, 2.05) is 27.7 Å². The van der Waals surface area contributed by atoms with Gasteiger partial charge in [-0.3, -0.25) is 0 Å². The Labute approximate surface area is 73.9 Å². The second-order valence-electron chi connectivity index (χ2n) is 1.48. The normalized spacial score (nSPS) is 7.08. The van der Waals surface area contributed by atoms with Crippen LogP contribution < -0.4 is 0 Å². The maximum Gasteiger partial charge on any atom is 0.123 e. The van der Waals surface area contributed by atoms with Crippen LogP contribution in [0.5, 0.6) is 5.75 Å². The first kappa shape index (κ1) is 13.5. The third-order valence-electron chi connectivity index (χ3n) is 0.827. The monoisotopic (exact) mass is 172 g/mol. The van der Waals surface area contributed by atoms with Gasteiger partial charge in [0.1, 0.15) is 11.6 Å². The van der Waals surface area contributed by atoms with Crippen molar-refractivity contribution in [3.63, 3.8) is 0 Å². The second kappa shape index (κ2) is 9.95. The highest BCUT2D eigenvalue weighted by atomic mass is 19.1. The van der Waals surface area contributed by atoms with E-state index in [1.165, 1.54) is 24.3 Å². The molecule has 0 aliphatic carbocycles. The minimum atomic E-state index is -0.331. The first-order valence-electron chi connectivity index (χ1n) is 4.23. The van der Waals surface area contributed by atoms with E-state index < -0.39 is 0 Å². The van der Waals surface area contributed by atoms with Gasteiger partial charge in [0.15, 0.2) is 0 Å². The molecule has 1 aromatic carbocycles. The number of rotatable bonds is 0. The maximum atomic E-state index is 12.0. The fourth-order valence-electron chi connectivity index (χ4n) is 0.441. The van der Waals surface area contributed by atoms with Gasteiger partial charge in [-0.15, -0.1) is 0 Å². The number of hydrogen-bond acceptors (Lipinski definition) is 1. The van der Waals surface area contributed by atoms with Gasteiger partial charge in [0.25, 0.3) is 0 Å². The molecule has 0 saturated heterocycles. The van der Waals surface area contributed by atoms with Gasteiger partial charge in [0.05, 0.1) is 0 Å². The summed E-state index contributed by atoms with van der Waals surface area (Å²) in [7, 11) is 0. The predicted octanol–water partition coefficient (Wildman–Crippen LogP) is 3.58. The van der Waals surface area contributed by atoms with Crippen LogP contribution in [0.2, 0.25) is 0 Å². The van der Waals surface area contributed by atoms with Crippen LogP contribution in [0.1, 0.15) is 27.7 Å². The van der Waals surface area contributed by atoms with E-state index in [4.69, 9.17) is 5.11 Å². The lowest BCUT2D eigenvalue weighted by Gasteiger charge is -1.86. The zero-order valence-corrected chi connectivity index (χ0v) is 8.13. The number of phenolic OH excluding ortho intramolecular Hbond substituents is 1. The largest absolute Gasteiger partial charge is 0.508 e. The van der Waals surface area contributed by atoms with Crippen molar-refractivity contribution >= 4 is 0 Å². The number of hydrogen-bond donors (Lipinski definition) is 1. The Hall–Kier alpha value is -1.05. The number of aromatic hydroxyl groups is 1. The van der Waals surface area contributed by atoms with Gasteiger partial charge in [-0.2, -0.15) is 0 Å². The van der Waals surface area contributed by atoms with Gasteiger partial charge in [0, 0.05) is 0 Å². The van der Waals surface area contributed by atoms with Crippen molar-refractivity contribution in [2.24, 2.45) is 0 Å². The lowest BCUT2D eigenvalue weighted by Crippen LogP contribution is -1.67. The predicted molar refractivity (Wildman–Crippen MR) is 50.8 cm³/mol. The van der Waals surface area contributed by atoms with Crippen molar-refractivity contribution in [2.75, 3.05) is 0 Å². The molecule has 1 nitrogen and oxygen atoms in total. The van der Waals surface area contributed by atoms with E-state index >= 15 is 0 Å². The Morgan fingerprint density at radius 3 is 1.50 bits per heavy atom. The van der Waals surface area contributed by atoms with Gasteiger partial charge in [-0.25, -0.2) is 4.39 Å². The Morgan fingerprint density at radius 2 is 1.25 bits per heavy atom. The maximum absolute atomic E-state index is 12.0. The molecule has 0 fully saturated rings. The van der Waals surface area contributed by atoms with Crippen LogP contribution in [0.25, 0.3) is 0 Å². The highest BCUT2D eigenvalue weighted by Gasteiger charge is 1.85. The summed E-state index contributed by atoms with van der Waals surface area (Å²) in [6, 6.07) is 5.01. The number of phenols is 1. The molecule has 0 heterocycles. The molecule has 70 valence electrons. The molecule has 0 aliphatic heterocycles. The smallest absolute Gasteiger partial charge is 0.123 e. The summed E-state index contributed by atoms with van der Waals surface area (Å²) in [5, 5.41) is 8.59. The third kappa shape index (κ3) is 7.06. The molecule has 12 heavy (non-hydrogen) atoms. The van der Waals surface area contributed by atoms with Crippen molar-refractivity contribution in [3.05, 3.63) is 30.1 Å². The Bertz CT molecular complexity index is 149. The summed E-state index contributed by atoms with van der Waals surface area (Å²) < 4.78 is 12.0. The molecule has 0 aliphatic rings. The van der Waals surface area contributed by atoms with Crippen LogP contribution in [0.4, 0.5) is 4.39 Å². The summed E-state index contributed by atoms with van der Waals surface area (Å²) in [5.41, 5.74) is 0. The van der Waals surface area contributed by atoms with E-state index in [2.05, 4.69) is 0 Å². The van der Waals surface area contributed by atoms with Crippen LogP contribution in [0.3, 0.4) is 0 Å². The molecule has 1 aromatic rings. The summed E-state index contributed by atoms with van der Waals surface area (Å²) in [6.45, 7) is 8.00. The molecule has 1 rings (SSSR count). The average molecular weight is 172 g/mol. The molecule has 1 N–H and O–H groups in total. The van der Waals surface area contributed by atoms with E-state index in [0.29, 0.717) is 0 Å². The van der Waals surface area contributed by atoms with E-state index in [9.17, 15) is 4.39 Å². The molecule has 0 radical (unpaired) electrons. The zero-order valence-electron chi connectivity index (χ0n) is 8.13. The summed E-state index contributed by atoms with van der Waals surface area (Å²) in [5.74, 6) is -0.241. The van der Waals surface area contributed by atoms with Gasteiger partial charge < -0.3 is 5.11 Å². The van der Waals surface area contributed by atoms with Crippen LogP contribution in [-0.2, 0) is 0 Å². The Balaban J connectivity index is 0. The van der Waals surface area contributed by atoms with E-state index in [0.717, 1.165) is 0 Å². The van der Waals surface area contributed by atoms with Crippen molar-refractivity contribution in [1.29, 1.82) is 0 Å².